The minimum Gasteiger partial charge on any atom is -0.419 e. The zero-order chi connectivity index (χ0) is 19.1. The lowest BCUT2D eigenvalue weighted by molar-refractivity contribution is -0.132. The van der Waals surface area contributed by atoms with Crippen LogP contribution >= 0.6 is 0 Å². The lowest BCUT2D eigenvalue weighted by Gasteiger charge is -2.33. The van der Waals surface area contributed by atoms with Gasteiger partial charge < -0.3 is 9.73 Å². The van der Waals surface area contributed by atoms with Gasteiger partial charge in [0.2, 0.25) is 11.8 Å². The average Bonchev–Trinajstić information content (AvgIpc) is 3.29. The molecule has 3 amide bonds. The molecular formula is C21H18N4O3. The van der Waals surface area contributed by atoms with E-state index in [-0.39, 0.29) is 18.3 Å². The first-order valence-electron chi connectivity index (χ1n) is 9.28. The van der Waals surface area contributed by atoms with Crippen LogP contribution < -0.4 is 5.32 Å². The number of nitrogens with zero attached hydrogens (tertiary/aromatic N) is 3. The molecule has 2 aromatic carbocycles. The predicted octanol–water partition coefficient (Wildman–Crippen LogP) is 3.02. The maximum absolute atomic E-state index is 13.3. The van der Waals surface area contributed by atoms with E-state index in [1.165, 1.54) is 4.90 Å². The number of imide groups is 1. The van der Waals surface area contributed by atoms with Crippen molar-refractivity contribution in [3.63, 3.8) is 0 Å². The number of hydrogen-bond acceptors (Lipinski definition) is 5. The van der Waals surface area contributed by atoms with Crippen molar-refractivity contribution in [2.75, 3.05) is 0 Å². The lowest BCUT2D eigenvalue weighted by atomic mass is 9.76. The number of benzene rings is 2. The Morgan fingerprint density at radius 3 is 2.68 bits per heavy atom. The van der Waals surface area contributed by atoms with Gasteiger partial charge in [-0.1, -0.05) is 42.5 Å². The molecule has 140 valence electrons. The molecule has 1 aliphatic heterocycles. The van der Waals surface area contributed by atoms with Crippen LogP contribution in [0.25, 0.3) is 11.5 Å². The molecule has 7 nitrogen and oxygen atoms in total. The Labute approximate surface area is 161 Å². The van der Waals surface area contributed by atoms with Gasteiger partial charge in [-0.25, -0.2) is 4.79 Å². The van der Waals surface area contributed by atoms with Crippen LogP contribution in [0.4, 0.5) is 4.79 Å². The SMILES string of the molecule is O=C1NC2(CCCc3ccccc32)C(=O)N1Cc1nnc(-c2ccccc2)o1. The topological polar surface area (TPSA) is 88.3 Å². The van der Waals surface area contributed by atoms with Gasteiger partial charge in [-0.15, -0.1) is 10.2 Å². The number of carbonyl (C=O) groups is 2. The van der Waals surface area contributed by atoms with E-state index < -0.39 is 11.6 Å². The van der Waals surface area contributed by atoms with Crippen molar-refractivity contribution in [1.82, 2.24) is 20.4 Å². The van der Waals surface area contributed by atoms with Gasteiger partial charge in [-0.05, 0) is 42.5 Å². The lowest BCUT2D eigenvalue weighted by Crippen LogP contribution is -2.46. The van der Waals surface area contributed by atoms with E-state index in [1.807, 2.05) is 54.6 Å². The van der Waals surface area contributed by atoms with Gasteiger partial charge in [-0.2, -0.15) is 0 Å². The monoisotopic (exact) mass is 374 g/mol. The number of hydrogen-bond donors (Lipinski definition) is 1. The normalized spacial score (nSPS) is 21.1. The predicted molar refractivity (Wildman–Crippen MR) is 99.9 cm³/mol. The number of nitrogens with one attached hydrogen (secondary N) is 1. The molecule has 1 spiro atoms. The number of aryl methyl sites for hydroxylation is 1. The van der Waals surface area contributed by atoms with Gasteiger partial charge in [-0.3, -0.25) is 9.69 Å². The Hall–Kier alpha value is -3.48. The summed E-state index contributed by atoms with van der Waals surface area (Å²) < 4.78 is 5.68. The van der Waals surface area contributed by atoms with Gasteiger partial charge in [0, 0.05) is 5.56 Å². The van der Waals surface area contributed by atoms with Crippen LogP contribution in [0.5, 0.6) is 0 Å². The largest absolute Gasteiger partial charge is 0.419 e. The molecule has 28 heavy (non-hydrogen) atoms. The summed E-state index contributed by atoms with van der Waals surface area (Å²) in [5.74, 6) is 0.327. The first kappa shape index (κ1) is 16.7. The van der Waals surface area contributed by atoms with Crippen molar-refractivity contribution < 1.29 is 14.0 Å². The molecule has 0 bridgehead atoms. The molecule has 1 saturated heterocycles. The van der Waals surface area contributed by atoms with E-state index in [0.717, 1.165) is 29.5 Å². The van der Waals surface area contributed by atoms with Crippen LogP contribution in [0, 0.1) is 0 Å². The molecule has 1 aliphatic carbocycles. The third-order valence-electron chi connectivity index (χ3n) is 5.43. The number of amides is 3. The van der Waals surface area contributed by atoms with Crippen LogP contribution in [0.1, 0.15) is 29.9 Å². The van der Waals surface area contributed by atoms with E-state index in [2.05, 4.69) is 15.5 Å². The smallest absolute Gasteiger partial charge is 0.325 e. The molecular weight excluding hydrogens is 356 g/mol. The number of fused-ring (bicyclic) bond motifs is 2. The van der Waals surface area contributed by atoms with Crippen molar-refractivity contribution in [2.45, 2.75) is 31.3 Å². The zero-order valence-corrected chi connectivity index (χ0v) is 15.1. The maximum atomic E-state index is 13.3. The minimum atomic E-state index is -0.992. The summed E-state index contributed by atoms with van der Waals surface area (Å²) in [6.45, 7) is -0.0472. The van der Waals surface area contributed by atoms with Crippen LogP contribution in [-0.2, 0) is 23.3 Å². The van der Waals surface area contributed by atoms with Gasteiger partial charge in [0.25, 0.3) is 5.91 Å². The van der Waals surface area contributed by atoms with Gasteiger partial charge in [0.1, 0.15) is 12.1 Å². The molecule has 1 aromatic heterocycles. The molecule has 7 heteroatoms. The first-order chi connectivity index (χ1) is 13.7. The Bertz CT molecular complexity index is 1060. The Kier molecular flexibility index (Phi) is 3.75. The highest BCUT2D eigenvalue weighted by Crippen LogP contribution is 2.40. The summed E-state index contributed by atoms with van der Waals surface area (Å²) in [5.41, 5.74) is 1.79. The molecule has 2 heterocycles. The summed E-state index contributed by atoms with van der Waals surface area (Å²) in [6.07, 6.45) is 2.34. The molecule has 1 atom stereocenters. The molecule has 0 saturated carbocycles. The molecule has 1 N–H and O–H groups in total. The van der Waals surface area contributed by atoms with E-state index in [0.29, 0.717) is 12.3 Å². The average molecular weight is 374 g/mol. The van der Waals surface area contributed by atoms with Crippen molar-refractivity contribution in [1.29, 1.82) is 0 Å². The summed E-state index contributed by atoms with van der Waals surface area (Å²) in [5, 5.41) is 11.0. The maximum Gasteiger partial charge on any atom is 0.325 e. The van der Waals surface area contributed by atoms with Crippen LogP contribution in [0.2, 0.25) is 0 Å². The van der Waals surface area contributed by atoms with Crippen LogP contribution in [-0.4, -0.2) is 27.0 Å². The summed E-state index contributed by atoms with van der Waals surface area (Å²) >= 11 is 0. The molecule has 5 rings (SSSR count). The van der Waals surface area contributed by atoms with Gasteiger partial charge in [0.05, 0.1) is 0 Å². The molecule has 2 aliphatic rings. The zero-order valence-electron chi connectivity index (χ0n) is 15.1. The third-order valence-corrected chi connectivity index (χ3v) is 5.43. The number of rotatable bonds is 3. The quantitative estimate of drug-likeness (QED) is 0.712. The number of aromatic nitrogens is 2. The van der Waals surface area contributed by atoms with E-state index in [1.54, 1.807) is 0 Å². The highest BCUT2D eigenvalue weighted by molar-refractivity contribution is 6.07. The fourth-order valence-electron chi connectivity index (χ4n) is 4.11. The second-order valence-corrected chi connectivity index (χ2v) is 7.10. The fraction of sp³-hybridized carbons (Fsp3) is 0.238. The molecule has 1 fully saturated rings. The van der Waals surface area contributed by atoms with E-state index in [4.69, 9.17) is 4.42 Å². The number of carbonyl (C=O) groups excluding carboxylic acids is 2. The third kappa shape index (κ3) is 2.51. The van der Waals surface area contributed by atoms with Crippen molar-refractivity contribution >= 4 is 11.9 Å². The van der Waals surface area contributed by atoms with Crippen LogP contribution in [0.15, 0.2) is 59.0 Å². The summed E-state index contributed by atoms with van der Waals surface area (Å²) in [4.78, 5) is 27.1. The van der Waals surface area contributed by atoms with Crippen LogP contribution in [0.3, 0.4) is 0 Å². The number of urea groups is 1. The Balaban J connectivity index is 1.43. The molecule has 0 radical (unpaired) electrons. The Morgan fingerprint density at radius 2 is 1.82 bits per heavy atom. The highest BCUT2D eigenvalue weighted by atomic mass is 16.4. The second kappa shape index (κ2) is 6.30. The Morgan fingerprint density at radius 1 is 1.04 bits per heavy atom. The second-order valence-electron chi connectivity index (χ2n) is 7.10. The summed E-state index contributed by atoms with van der Waals surface area (Å²) in [7, 11) is 0. The van der Waals surface area contributed by atoms with Gasteiger partial charge >= 0.3 is 6.03 Å². The first-order valence-corrected chi connectivity index (χ1v) is 9.28. The van der Waals surface area contributed by atoms with E-state index >= 15 is 0 Å². The highest BCUT2D eigenvalue weighted by Gasteiger charge is 2.54. The molecule has 3 aromatic rings. The van der Waals surface area contributed by atoms with E-state index in [9.17, 15) is 9.59 Å². The van der Waals surface area contributed by atoms with Crippen molar-refractivity contribution in [2.24, 2.45) is 0 Å². The minimum absolute atomic E-state index is 0.0472. The van der Waals surface area contributed by atoms with Gasteiger partial charge in [0.15, 0.2) is 0 Å². The van der Waals surface area contributed by atoms with Crippen molar-refractivity contribution in [3.05, 3.63) is 71.6 Å². The standard InChI is InChI=1S/C21H18N4O3/c26-19-21(12-6-10-14-7-4-5-11-16(14)21)22-20(27)25(19)13-17-23-24-18(28-17)15-8-2-1-3-9-15/h1-5,7-9,11H,6,10,12-13H2,(H,22,27). The molecule has 1 unspecified atom stereocenters. The van der Waals surface area contributed by atoms with Crippen molar-refractivity contribution in [3.8, 4) is 11.5 Å². The summed E-state index contributed by atoms with van der Waals surface area (Å²) in [6, 6.07) is 16.7. The fourth-order valence-corrected chi connectivity index (χ4v) is 4.11.